The van der Waals surface area contributed by atoms with Crippen LogP contribution in [0.15, 0.2) is 36.6 Å². The Morgan fingerprint density at radius 2 is 2.21 bits per heavy atom. The van der Waals surface area contributed by atoms with E-state index in [4.69, 9.17) is 0 Å². The zero-order valence-electron chi connectivity index (χ0n) is 8.90. The van der Waals surface area contributed by atoms with E-state index in [0.29, 0.717) is 0 Å². The lowest BCUT2D eigenvalue weighted by molar-refractivity contribution is 0.910. The number of aryl methyl sites for hydroxylation is 1. The maximum Gasteiger partial charge on any atom is 0.0661 e. The third-order valence-corrected chi connectivity index (χ3v) is 2.00. The van der Waals surface area contributed by atoms with Crippen molar-refractivity contribution in [3.8, 4) is 0 Å². The van der Waals surface area contributed by atoms with E-state index in [-0.39, 0.29) is 0 Å². The molecule has 0 N–H and O–H groups in total. The summed E-state index contributed by atoms with van der Waals surface area (Å²) in [6.45, 7) is 4.20. The second-order valence-corrected chi connectivity index (χ2v) is 3.18. The highest BCUT2D eigenvalue weighted by Crippen LogP contribution is 2.09. The van der Waals surface area contributed by atoms with E-state index in [9.17, 15) is 0 Å². The van der Waals surface area contributed by atoms with Gasteiger partial charge in [-0.1, -0.05) is 37.6 Å². The molecule has 14 heavy (non-hydrogen) atoms. The molecule has 1 heteroatoms. The molecular weight excluding hydrogens is 170 g/mol. The van der Waals surface area contributed by atoms with Crippen molar-refractivity contribution in [3.05, 3.63) is 47.8 Å². The fourth-order valence-corrected chi connectivity index (χ4v) is 1.34. The van der Waals surface area contributed by atoms with E-state index in [2.05, 4.69) is 24.1 Å². The highest BCUT2D eigenvalue weighted by atomic mass is 14.7. The Bertz CT molecular complexity index is 324. The van der Waals surface area contributed by atoms with E-state index in [0.717, 1.165) is 18.5 Å². The molecule has 0 aliphatic carbocycles. The van der Waals surface area contributed by atoms with E-state index < -0.39 is 0 Å². The fourth-order valence-electron chi connectivity index (χ4n) is 1.34. The maximum atomic E-state index is 4.35. The Labute approximate surface area is 86.2 Å². The third kappa shape index (κ3) is 3.17. The third-order valence-electron chi connectivity index (χ3n) is 2.00. The second kappa shape index (κ2) is 6.14. The topological polar surface area (TPSA) is 12.9 Å². The van der Waals surface area contributed by atoms with Crippen molar-refractivity contribution >= 4 is 6.08 Å². The van der Waals surface area contributed by atoms with E-state index in [1.807, 2.05) is 37.4 Å². The number of pyridine rings is 1. The quantitative estimate of drug-likeness (QED) is 0.656. The zero-order chi connectivity index (χ0) is 10.2. The normalized spacial score (nSPS) is 11.6. The number of allylic oxidation sites excluding steroid dienone is 3. The van der Waals surface area contributed by atoms with Gasteiger partial charge in [-0.25, -0.2) is 0 Å². The Hall–Kier alpha value is -1.37. The Morgan fingerprint density at radius 3 is 2.93 bits per heavy atom. The van der Waals surface area contributed by atoms with Crippen LogP contribution in [0.1, 0.15) is 31.5 Å². The van der Waals surface area contributed by atoms with Crippen molar-refractivity contribution < 1.29 is 0 Å². The summed E-state index contributed by atoms with van der Waals surface area (Å²) in [4.78, 5) is 4.35. The van der Waals surface area contributed by atoms with Crippen LogP contribution in [0.2, 0.25) is 0 Å². The lowest BCUT2D eigenvalue weighted by Gasteiger charge is -2.01. The first-order valence-electron chi connectivity index (χ1n) is 5.11. The van der Waals surface area contributed by atoms with Crippen molar-refractivity contribution in [2.75, 3.05) is 0 Å². The molecule has 0 aliphatic heterocycles. The van der Waals surface area contributed by atoms with Gasteiger partial charge in [0.15, 0.2) is 0 Å². The molecule has 74 valence electrons. The molecule has 0 saturated carbocycles. The summed E-state index contributed by atoms with van der Waals surface area (Å²) in [5, 5.41) is 0. The average Bonchev–Trinajstić information content (AvgIpc) is 2.21. The van der Waals surface area contributed by atoms with Crippen LogP contribution in [-0.4, -0.2) is 4.98 Å². The van der Waals surface area contributed by atoms with Crippen LogP contribution in [-0.2, 0) is 6.42 Å². The summed E-state index contributed by atoms with van der Waals surface area (Å²) >= 11 is 0. The lowest BCUT2D eigenvalue weighted by atomic mass is 10.1. The number of aromatic nitrogens is 1. The molecule has 1 rings (SSSR count). The monoisotopic (exact) mass is 187 g/mol. The molecule has 0 atom stereocenters. The first kappa shape index (κ1) is 10.7. The molecular formula is C13H17N. The van der Waals surface area contributed by atoms with E-state index >= 15 is 0 Å². The zero-order valence-corrected chi connectivity index (χ0v) is 8.90. The van der Waals surface area contributed by atoms with Crippen molar-refractivity contribution in [2.45, 2.75) is 26.7 Å². The average molecular weight is 187 g/mol. The molecule has 0 saturated heterocycles. The summed E-state index contributed by atoms with van der Waals surface area (Å²) in [5.41, 5.74) is 2.42. The summed E-state index contributed by atoms with van der Waals surface area (Å²) < 4.78 is 0. The van der Waals surface area contributed by atoms with Gasteiger partial charge in [-0.2, -0.15) is 0 Å². The van der Waals surface area contributed by atoms with Crippen molar-refractivity contribution in [1.29, 1.82) is 0 Å². The first-order chi connectivity index (χ1) is 6.88. The molecule has 1 nitrogen and oxygen atoms in total. The minimum absolute atomic E-state index is 1.09. The minimum atomic E-state index is 1.09. The number of rotatable bonds is 4. The summed E-state index contributed by atoms with van der Waals surface area (Å²) in [5.74, 6) is 0. The molecule has 0 unspecified atom stereocenters. The number of nitrogens with zero attached hydrogens (tertiary/aromatic N) is 1. The Morgan fingerprint density at radius 1 is 1.36 bits per heavy atom. The molecule has 0 radical (unpaired) electrons. The standard InChI is InChI=1S/C13H17N/c1-3-5-6-10-13-12(8-4-2)9-7-11-14-13/h3,5-7,9-11H,4,8H2,1-2H3/b5-3-,10-6-. The van der Waals surface area contributed by atoms with Gasteiger partial charge in [0.05, 0.1) is 5.69 Å². The smallest absolute Gasteiger partial charge is 0.0661 e. The van der Waals surface area contributed by atoms with Crippen LogP contribution in [0.4, 0.5) is 0 Å². The largest absolute Gasteiger partial charge is 0.257 e. The molecule has 1 heterocycles. The van der Waals surface area contributed by atoms with Gasteiger partial charge in [-0.05, 0) is 31.1 Å². The minimum Gasteiger partial charge on any atom is -0.257 e. The Kier molecular flexibility index (Phi) is 4.70. The van der Waals surface area contributed by atoms with Gasteiger partial charge in [-0.15, -0.1) is 0 Å². The molecule has 1 aromatic rings. The van der Waals surface area contributed by atoms with Crippen LogP contribution in [0.25, 0.3) is 6.08 Å². The molecule has 1 aromatic heterocycles. The molecule has 0 amide bonds. The summed E-state index contributed by atoms with van der Waals surface area (Å²) in [6, 6.07) is 4.14. The van der Waals surface area contributed by atoms with E-state index in [1.54, 1.807) is 0 Å². The lowest BCUT2D eigenvalue weighted by Crippen LogP contribution is -1.90. The highest BCUT2D eigenvalue weighted by Gasteiger charge is 1.96. The van der Waals surface area contributed by atoms with Crippen LogP contribution in [0.3, 0.4) is 0 Å². The molecule has 0 fully saturated rings. The van der Waals surface area contributed by atoms with Gasteiger partial charge in [0, 0.05) is 6.20 Å². The number of hydrogen-bond acceptors (Lipinski definition) is 1. The second-order valence-electron chi connectivity index (χ2n) is 3.18. The Balaban J connectivity index is 2.83. The van der Waals surface area contributed by atoms with Crippen LogP contribution in [0, 0.1) is 0 Å². The first-order valence-corrected chi connectivity index (χ1v) is 5.11. The van der Waals surface area contributed by atoms with Gasteiger partial charge >= 0.3 is 0 Å². The van der Waals surface area contributed by atoms with Crippen LogP contribution >= 0.6 is 0 Å². The van der Waals surface area contributed by atoms with Crippen molar-refractivity contribution in [2.24, 2.45) is 0 Å². The fraction of sp³-hybridized carbons (Fsp3) is 0.308. The van der Waals surface area contributed by atoms with Crippen molar-refractivity contribution in [1.82, 2.24) is 4.98 Å². The van der Waals surface area contributed by atoms with Crippen molar-refractivity contribution in [3.63, 3.8) is 0 Å². The number of hydrogen-bond donors (Lipinski definition) is 0. The molecule has 0 bridgehead atoms. The summed E-state index contributed by atoms with van der Waals surface area (Å²) in [6.07, 6.45) is 12.2. The highest BCUT2D eigenvalue weighted by molar-refractivity contribution is 5.50. The van der Waals surface area contributed by atoms with Gasteiger partial charge in [0.2, 0.25) is 0 Å². The van der Waals surface area contributed by atoms with Crippen LogP contribution < -0.4 is 0 Å². The van der Waals surface area contributed by atoms with E-state index in [1.165, 1.54) is 5.56 Å². The van der Waals surface area contributed by atoms with Gasteiger partial charge < -0.3 is 0 Å². The predicted octanol–water partition coefficient (Wildman–Crippen LogP) is 3.62. The maximum absolute atomic E-state index is 4.35. The SMILES string of the molecule is C/C=C\C=C/c1ncccc1CCC. The molecule has 0 spiro atoms. The summed E-state index contributed by atoms with van der Waals surface area (Å²) in [7, 11) is 0. The molecule has 0 aromatic carbocycles. The van der Waals surface area contributed by atoms with Gasteiger partial charge in [-0.3, -0.25) is 4.98 Å². The van der Waals surface area contributed by atoms with Gasteiger partial charge in [0.25, 0.3) is 0 Å². The molecule has 0 aliphatic rings. The van der Waals surface area contributed by atoms with Crippen LogP contribution in [0.5, 0.6) is 0 Å². The predicted molar refractivity (Wildman–Crippen MR) is 62.1 cm³/mol. The van der Waals surface area contributed by atoms with Gasteiger partial charge in [0.1, 0.15) is 0 Å².